The second-order valence-electron chi connectivity index (χ2n) is 5.83. The molecule has 4 nitrogen and oxygen atoms in total. The third-order valence-electron chi connectivity index (χ3n) is 3.86. The summed E-state index contributed by atoms with van der Waals surface area (Å²) in [6.07, 6.45) is 1.44. The molecule has 0 fully saturated rings. The maximum Gasteiger partial charge on any atom is 0.191 e. The van der Waals surface area contributed by atoms with Crippen molar-refractivity contribution in [1.82, 2.24) is 14.8 Å². The number of nitrogens with zero attached hydrogens (tertiary/aromatic N) is 3. The van der Waals surface area contributed by atoms with E-state index in [0.29, 0.717) is 23.9 Å². The van der Waals surface area contributed by atoms with Crippen LogP contribution in [-0.2, 0) is 12.3 Å². The number of hydrogen-bond donors (Lipinski definition) is 0. The van der Waals surface area contributed by atoms with Gasteiger partial charge in [0, 0.05) is 17.3 Å². The van der Waals surface area contributed by atoms with Gasteiger partial charge in [0.25, 0.3) is 0 Å². The molecule has 0 amide bonds. The Morgan fingerprint density at radius 3 is 2.67 bits per heavy atom. The quantitative estimate of drug-likeness (QED) is 0.358. The second-order valence-corrected chi connectivity index (χ2v) is 7.18. The molecule has 0 aliphatic heterocycles. The first-order valence-electron chi connectivity index (χ1n) is 8.41. The van der Waals surface area contributed by atoms with Gasteiger partial charge in [-0.25, -0.2) is 4.39 Å². The van der Waals surface area contributed by atoms with Crippen molar-refractivity contribution in [2.75, 3.05) is 0 Å². The highest BCUT2D eigenvalue weighted by molar-refractivity contribution is 7.98. The molecule has 0 bridgehead atoms. The van der Waals surface area contributed by atoms with Crippen LogP contribution >= 0.6 is 23.4 Å². The topological polar surface area (TPSA) is 39.9 Å². The summed E-state index contributed by atoms with van der Waals surface area (Å²) in [5.41, 5.74) is 1.04. The zero-order valence-electron chi connectivity index (χ0n) is 14.8. The Morgan fingerprint density at radius 2 is 1.96 bits per heavy atom. The zero-order chi connectivity index (χ0) is 19.2. The van der Waals surface area contributed by atoms with E-state index < -0.39 is 0 Å². The minimum absolute atomic E-state index is 0.303. The van der Waals surface area contributed by atoms with E-state index in [1.165, 1.54) is 12.1 Å². The van der Waals surface area contributed by atoms with Crippen LogP contribution in [0.3, 0.4) is 0 Å². The molecule has 3 aromatic rings. The summed E-state index contributed by atoms with van der Waals surface area (Å²) in [4.78, 5) is 0. The molecule has 0 radical (unpaired) electrons. The van der Waals surface area contributed by atoms with Crippen LogP contribution in [0.15, 0.2) is 66.3 Å². The Hall–Kier alpha value is -2.31. The third-order valence-corrected chi connectivity index (χ3v) is 5.25. The predicted molar refractivity (Wildman–Crippen MR) is 107 cm³/mol. The third kappa shape index (κ3) is 4.90. The Labute approximate surface area is 167 Å². The Balaban J connectivity index is 1.76. The van der Waals surface area contributed by atoms with Crippen LogP contribution in [0.25, 0.3) is 0 Å². The van der Waals surface area contributed by atoms with Crippen molar-refractivity contribution in [2.45, 2.75) is 30.5 Å². The van der Waals surface area contributed by atoms with Gasteiger partial charge >= 0.3 is 0 Å². The normalized spacial score (nSPS) is 12.0. The van der Waals surface area contributed by atoms with E-state index >= 15 is 0 Å². The van der Waals surface area contributed by atoms with Crippen LogP contribution in [-0.4, -0.2) is 14.8 Å². The van der Waals surface area contributed by atoms with Gasteiger partial charge in [0.15, 0.2) is 17.1 Å². The summed E-state index contributed by atoms with van der Waals surface area (Å²) in [5.74, 6) is 1.63. The smallest absolute Gasteiger partial charge is 0.191 e. The van der Waals surface area contributed by atoms with Crippen molar-refractivity contribution in [2.24, 2.45) is 0 Å². The van der Waals surface area contributed by atoms with Crippen LogP contribution in [0.5, 0.6) is 5.75 Å². The first-order chi connectivity index (χ1) is 13.1. The van der Waals surface area contributed by atoms with Crippen molar-refractivity contribution in [3.8, 4) is 5.75 Å². The zero-order valence-corrected chi connectivity index (χ0v) is 16.4. The summed E-state index contributed by atoms with van der Waals surface area (Å²) in [5, 5.41) is 10.1. The standard InChI is InChI=1S/C20H19ClFN3OS/c1-3-12-25-19(14(2)26-17-10-8-16(22)9-11-17)23-24-20(25)27-13-15-6-4-5-7-18(15)21/h3-11,14H,1,12-13H2,2H3. The number of benzene rings is 2. The van der Waals surface area contributed by atoms with E-state index in [1.54, 1.807) is 30.0 Å². The number of allylic oxidation sites excluding steroid dienone is 1. The van der Waals surface area contributed by atoms with Gasteiger partial charge in [0.2, 0.25) is 0 Å². The lowest BCUT2D eigenvalue weighted by Gasteiger charge is -2.15. The van der Waals surface area contributed by atoms with Crippen LogP contribution < -0.4 is 4.74 Å². The number of aromatic nitrogens is 3. The number of rotatable bonds is 8. The second kappa shape index (κ2) is 9.06. The van der Waals surface area contributed by atoms with E-state index in [-0.39, 0.29) is 11.9 Å². The maximum atomic E-state index is 13.1. The molecule has 0 saturated heterocycles. The molecule has 1 aromatic heterocycles. The molecule has 3 rings (SSSR count). The van der Waals surface area contributed by atoms with Gasteiger partial charge in [-0.2, -0.15) is 0 Å². The molecule has 1 atom stereocenters. The average Bonchev–Trinajstić information content (AvgIpc) is 3.06. The van der Waals surface area contributed by atoms with Crippen molar-refractivity contribution in [1.29, 1.82) is 0 Å². The highest BCUT2D eigenvalue weighted by Crippen LogP contribution is 2.28. The highest BCUT2D eigenvalue weighted by Gasteiger charge is 2.19. The lowest BCUT2D eigenvalue weighted by molar-refractivity contribution is 0.210. The number of halogens is 2. The molecule has 27 heavy (non-hydrogen) atoms. The van der Waals surface area contributed by atoms with E-state index in [0.717, 1.165) is 15.7 Å². The van der Waals surface area contributed by atoms with Gasteiger partial charge in [0.1, 0.15) is 11.6 Å². The molecule has 1 unspecified atom stereocenters. The van der Waals surface area contributed by atoms with Gasteiger partial charge < -0.3 is 4.74 Å². The molecule has 0 aliphatic carbocycles. The average molecular weight is 404 g/mol. The van der Waals surface area contributed by atoms with Gasteiger partial charge in [-0.1, -0.05) is 47.6 Å². The molecule has 0 spiro atoms. The van der Waals surface area contributed by atoms with E-state index in [9.17, 15) is 4.39 Å². The highest BCUT2D eigenvalue weighted by atomic mass is 35.5. The van der Waals surface area contributed by atoms with E-state index in [2.05, 4.69) is 16.8 Å². The van der Waals surface area contributed by atoms with Crippen LogP contribution in [0, 0.1) is 5.82 Å². The van der Waals surface area contributed by atoms with Gasteiger partial charge in [-0.15, -0.1) is 16.8 Å². The largest absolute Gasteiger partial charge is 0.483 e. The summed E-state index contributed by atoms with van der Waals surface area (Å²) in [7, 11) is 0. The SMILES string of the molecule is C=CCn1c(SCc2ccccc2Cl)nnc1C(C)Oc1ccc(F)cc1. The predicted octanol–water partition coefficient (Wildman–Crippen LogP) is 5.69. The fraction of sp³-hybridized carbons (Fsp3) is 0.200. The van der Waals surface area contributed by atoms with Crippen molar-refractivity contribution in [3.05, 3.63) is 83.4 Å². The summed E-state index contributed by atoms with van der Waals surface area (Å²) in [6, 6.07) is 13.6. The van der Waals surface area contributed by atoms with Crippen LogP contribution in [0.2, 0.25) is 5.02 Å². The molecule has 140 valence electrons. The van der Waals surface area contributed by atoms with Gasteiger partial charge in [-0.3, -0.25) is 4.57 Å². The van der Waals surface area contributed by atoms with Gasteiger partial charge in [-0.05, 0) is 42.8 Å². The lowest BCUT2D eigenvalue weighted by Crippen LogP contribution is -2.12. The molecule has 1 heterocycles. The Morgan fingerprint density at radius 1 is 1.22 bits per heavy atom. The minimum atomic E-state index is -0.349. The molecule has 7 heteroatoms. The molecular weight excluding hydrogens is 385 g/mol. The fourth-order valence-electron chi connectivity index (χ4n) is 2.54. The van der Waals surface area contributed by atoms with Crippen LogP contribution in [0.4, 0.5) is 4.39 Å². The summed E-state index contributed by atoms with van der Waals surface area (Å²) >= 11 is 7.78. The summed E-state index contributed by atoms with van der Waals surface area (Å²) < 4.78 is 20.9. The first kappa shape index (κ1) is 19.5. The summed E-state index contributed by atoms with van der Waals surface area (Å²) in [6.45, 7) is 6.26. The van der Waals surface area contributed by atoms with Gasteiger partial charge in [0.05, 0.1) is 0 Å². The minimum Gasteiger partial charge on any atom is -0.483 e. The lowest BCUT2D eigenvalue weighted by atomic mass is 10.2. The first-order valence-corrected chi connectivity index (χ1v) is 9.77. The van der Waals surface area contributed by atoms with Crippen molar-refractivity contribution >= 4 is 23.4 Å². The number of hydrogen-bond acceptors (Lipinski definition) is 4. The molecule has 0 saturated carbocycles. The molecule has 0 N–H and O–H groups in total. The van der Waals surface area contributed by atoms with Crippen LogP contribution in [0.1, 0.15) is 24.4 Å². The Kier molecular flexibility index (Phi) is 6.53. The maximum absolute atomic E-state index is 13.1. The molecular formula is C20H19ClFN3OS. The fourth-order valence-corrected chi connectivity index (χ4v) is 3.78. The van der Waals surface area contributed by atoms with E-state index in [1.807, 2.05) is 35.8 Å². The van der Waals surface area contributed by atoms with E-state index in [4.69, 9.17) is 16.3 Å². The molecule has 0 aliphatic rings. The Bertz CT molecular complexity index is 914. The van der Waals surface area contributed by atoms with Crippen molar-refractivity contribution in [3.63, 3.8) is 0 Å². The number of thioether (sulfide) groups is 1. The van der Waals surface area contributed by atoms with Crippen molar-refractivity contribution < 1.29 is 9.13 Å². The monoisotopic (exact) mass is 403 g/mol. The number of ether oxygens (including phenoxy) is 1. The molecule has 2 aromatic carbocycles.